The van der Waals surface area contributed by atoms with Gasteiger partial charge < -0.3 is 11.5 Å². The maximum Gasteiger partial charge on any atom is 0.206 e. The highest BCUT2D eigenvalue weighted by atomic mass is 32.2. The fourth-order valence-corrected chi connectivity index (χ4v) is 2.95. The van der Waals surface area contributed by atoms with E-state index >= 15 is 0 Å². The summed E-state index contributed by atoms with van der Waals surface area (Å²) >= 11 is 0. The van der Waals surface area contributed by atoms with Crippen molar-refractivity contribution in [1.82, 2.24) is 0 Å². The molecule has 0 spiro atoms. The van der Waals surface area contributed by atoms with Crippen LogP contribution in [-0.4, -0.2) is 8.42 Å². The number of nitrogen functional groups attached to an aromatic ring is 1. The van der Waals surface area contributed by atoms with Gasteiger partial charge in [-0.2, -0.15) is 0 Å². The molecule has 0 aliphatic carbocycles. The SMILES string of the molecule is NCc1cccc(S(=O)(=O)c2ccc(N)cc2)c1. The second kappa shape index (κ2) is 4.80. The van der Waals surface area contributed by atoms with E-state index in [1.807, 2.05) is 0 Å². The van der Waals surface area contributed by atoms with Gasteiger partial charge in [-0.1, -0.05) is 12.1 Å². The molecule has 94 valence electrons. The summed E-state index contributed by atoms with van der Waals surface area (Å²) in [4.78, 5) is 0.473. The van der Waals surface area contributed by atoms with Crippen molar-refractivity contribution in [1.29, 1.82) is 0 Å². The molecule has 0 amide bonds. The van der Waals surface area contributed by atoms with Crippen LogP contribution in [0.2, 0.25) is 0 Å². The molecule has 2 rings (SSSR count). The Hall–Kier alpha value is -1.85. The third-order valence-electron chi connectivity index (χ3n) is 2.63. The predicted octanol–water partition coefficient (Wildman–Crippen LogP) is 1.56. The van der Waals surface area contributed by atoms with Gasteiger partial charge in [-0.15, -0.1) is 0 Å². The Morgan fingerprint density at radius 2 is 1.61 bits per heavy atom. The van der Waals surface area contributed by atoms with Crippen LogP contribution in [0.25, 0.3) is 0 Å². The zero-order valence-corrected chi connectivity index (χ0v) is 10.5. The first-order chi connectivity index (χ1) is 8.54. The average molecular weight is 262 g/mol. The summed E-state index contributed by atoms with van der Waals surface area (Å²) in [5.74, 6) is 0. The maximum absolute atomic E-state index is 12.3. The van der Waals surface area contributed by atoms with E-state index in [4.69, 9.17) is 11.5 Å². The Bertz CT molecular complexity index is 649. The van der Waals surface area contributed by atoms with Gasteiger partial charge in [-0.25, -0.2) is 8.42 Å². The second-order valence-electron chi connectivity index (χ2n) is 3.92. The van der Waals surface area contributed by atoms with Crippen LogP contribution in [0.3, 0.4) is 0 Å². The third kappa shape index (κ3) is 2.37. The van der Waals surface area contributed by atoms with E-state index in [9.17, 15) is 8.42 Å². The highest BCUT2D eigenvalue weighted by molar-refractivity contribution is 7.91. The second-order valence-corrected chi connectivity index (χ2v) is 5.87. The predicted molar refractivity (Wildman–Crippen MR) is 70.6 cm³/mol. The molecule has 0 fully saturated rings. The number of anilines is 1. The molecule has 0 atom stereocenters. The molecular weight excluding hydrogens is 248 g/mol. The van der Waals surface area contributed by atoms with Gasteiger partial charge in [0.1, 0.15) is 0 Å². The van der Waals surface area contributed by atoms with Crippen molar-refractivity contribution in [2.75, 3.05) is 5.73 Å². The molecule has 2 aromatic rings. The van der Waals surface area contributed by atoms with E-state index in [2.05, 4.69) is 0 Å². The third-order valence-corrected chi connectivity index (χ3v) is 4.40. The highest BCUT2D eigenvalue weighted by Crippen LogP contribution is 2.22. The van der Waals surface area contributed by atoms with Crippen molar-refractivity contribution in [2.45, 2.75) is 16.3 Å². The summed E-state index contributed by atoms with van der Waals surface area (Å²) < 4.78 is 24.7. The van der Waals surface area contributed by atoms with Crippen LogP contribution in [0.4, 0.5) is 5.69 Å². The average Bonchev–Trinajstić information content (AvgIpc) is 2.39. The van der Waals surface area contributed by atoms with Crippen LogP contribution in [0.15, 0.2) is 58.3 Å². The zero-order valence-electron chi connectivity index (χ0n) is 9.71. The van der Waals surface area contributed by atoms with Gasteiger partial charge in [0.25, 0.3) is 0 Å². The first-order valence-corrected chi connectivity index (χ1v) is 6.92. The summed E-state index contributed by atoms with van der Waals surface area (Å²) in [7, 11) is -3.50. The largest absolute Gasteiger partial charge is 0.399 e. The Morgan fingerprint density at radius 1 is 0.944 bits per heavy atom. The lowest BCUT2D eigenvalue weighted by Gasteiger charge is -2.06. The molecule has 0 radical (unpaired) electrons. The van der Waals surface area contributed by atoms with Crippen molar-refractivity contribution in [3.05, 3.63) is 54.1 Å². The van der Waals surface area contributed by atoms with Crippen LogP contribution >= 0.6 is 0 Å². The molecule has 4 nitrogen and oxygen atoms in total. The summed E-state index contributed by atoms with van der Waals surface area (Å²) in [5.41, 5.74) is 12.4. The lowest BCUT2D eigenvalue weighted by Crippen LogP contribution is -2.04. The van der Waals surface area contributed by atoms with Crippen molar-refractivity contribution in [2.24, 2.45) is 5.73 Å². The summed E-state index contributed by atoms with van der Waals surface area (Å²) in [6.07, 6.45) is 0. The van der Waals surface area contributed by atoms with E-state index in [1.54, 1.807) is 36.4 Å². The number of sulfone groups is 1. The van der Waals surface area contributed by atoms with Gasteiger partial charge in [-0.05, 0) is 42.0 Å². The minimum absolute atomic E-state index is 0.228. The standard InChI is InChI=1S/C13H14N2O2S/c14-9-10-2-1-3-13(8-10)18(16,17)12-6-4-11(15)5-7-12/h1-8H,9,14-15H2. The van der Waals surface area contributed by atoms with E-state index in [0.717, 1.165) is 5.56 Å². The zero-order chi connectivity index (χ0) is 13.2. The minimum atomic E-state index is -3.50. The van der Waals surface area contributed by atoms with Gasteiger partial charge in [0.05, 0.1) is 9.79 Å². The molecule has 2 aromatic carbocycles. The van der Waals surface area contributed by atoms with E-state index in [1.165, 1.54) is 12.1 Å². The minimum Gasteiger partial charge on any atom is -0.399 e. The quantitative estimate of drug-likeness (QED) is 0.822. The normalized spacial score (nSPS) is 11.4. The van der Waals surface area contributed by atoms with E-state index < -0.39 is 9.84 Å². The number of hydrogen-bond donors (Lipinski definition) is 2. The first kappa shape index (κ1) is 12.6. The van der Waals surface area contributed by atoms with Gasteiger partial charge in [0, 0.05) is 12.2 Å². The van der Waals surface area contributed by atoms with Crippen LogP contribution in [0.1, 0.15) is 5.56 Å². The lowest BCUT2D eigenvalue weighted by molar-refractivity contribution is 0.596. The Balaban J connectivity index is 2.50. The molecule has 0 unspecified atom stereocenters. The van der Waals surface area contributed by atoms with Gasteiger partial charge >= 0.3 is 0 Å². The molecule has 18 heavy (non-hydrogen) atoms. The van der Waals surface area contributed by atoms with Crippen LogP contribution < -0.4 is 11.5 Å². The fourth-order valence-electron chi connectivity index (χ4n) is 1.62. The number of hydrogen-bond acceptors (Lipinski definition) is 4. The van der Waals surface area contributed by atoms with Gasteiger partial charge in [-0.3, -0.25) is 0 Å². The summed E-state index contributed by atoms with van der Waals surface area (Å²) in [5, 5.41) is 0. The van der Waals surface area contributed by atoms with E-state index in [-0.39, 0.29) is 9.79 Å². The topological polar surface area (TPSA) is 86.2 Å². The Kier molecular flexibility index (Phi) is 3.36. The molecule has 0 saturated carbocycles. The summed E-state index contributed by atoms with van der Waals surface area (Å²) in [6.45, 7) is 0.311. The molecule has 0 aromatic heterocycles. The number of rotatable bonds is 3. The molecule has 0 saturated heterocycles. The summed E-state index contributed by atoms with van der Waals surface area (Å²) in [6, 6.07) is 12.8. The molecule has 0 aliphatic heterocycles. The highest BCUT2D eigenvalue weighted by Gasteiger charge is 2.17. The number of nitrogens with two attached hydrogens (primary N) is 2. The molecule has 0 bridgehead atoms. The monoisotopic (exact) mass is 262 g/mol. The molecule has 0 heterocycles. The molecular formula is C13H14N2O2S. The smallest absolute Gasteiger partial charge is 0.206 e. The fraction of sp³-hybridized carbons (Fsp3) is 0.0769. The van der Waals surface area contributed by atoms with Crippen LogP contribution in [-0.2, 0) is 16.4 Å². The maximum atomic E-state index is 12.3. The Morgan fingerprint density at radius 3 is 2.22 bits per heavy atom. The van der Waals surface area contributed by atoms with E-state index in [0.29, 0.717) is 12.2 Å². The van der Waals surface area contributed by atoms with Crippen LogP contribution in [0, 0.1) is 0 Å². The molecule has 0 aliphatic rings. The van der Waals surface area contributed by atoms with Crippen molar-refractivity contribution in [3.8, 4) is 0 Å². The van der Waals surface area contributed by atoms with Gasteiger partial charge in [0.2, 0.25) is 9.84 Å². The Labute approximate surface area is 106 Å². The van der Waals surface area contributed by atoms with Crippen molar-refractivity contribution in [3.63, 3.8) is 0 Å². The van der Waals surface area contributed by atoms with Gasteiger partial charge in [0.15, 0.2) is 0 Å². The lowest BCUT2D eigenvalue weighted by atomic mass is 10.2. The number of benzene rings is 2. The molecule has 4 N–H and O–H groups in total. The first-order valence-electron chi connectivity index (χ1n) is 5.43. The van der Waals surface area contributed by atoms with Crippen molar-refractivity contribution >= 4 is 15.5 Å². The molecule has 5 heteroatoms. The van der Waals surface area contributed by atoms with Crippen molar-refractivity contribution < 1.29 is 8.42 Å². The van der Waals surface area contributed by atoms with Crippen LogP contribution in [0.5, 0.6) is 0 Å².